The van der Waals surface area contributed by atoms with Crippen LogP contribution in [0.2, 0.25) is 0 Å². The summed E-state index contributed by atoms with van der Waals surface area (Å²) in [4.78, 5) is 12.4. The average molecular weight is 288 g/mol. The van der Waals surface area contributed by atoms with Crippen LogP contribution in [0.3, 0.4) is 0 Å². The van der Waals surface area contributed by atoms with Crippen molar-refractivity contribution >= 4 is 5.91 Å². The molecule has 0 saturated carbocycles. The van der Waals surface area contributed by atoms with Gasteiger partial charge in [-0.1, -0.05) is 38.1 Å². The van der Waals surface area contributed by atoms with E-state index < -0.39 is 0 Å². The first kappa shape index (κ1) is 14.5. The molecular weight excluding hydrogens is 264 g/mol. The molecule has 0 unspecified atom stereocenters. The van der Waals surface area contributed by atoms with Crippen molar-refractivity contribution in [1.29, 1.82) is 0 Å². The first-order valence-electron chi connectivity index (χ1n) is 7.79. The number of rotatable bonds is 2. The lowest BCUT2D eigenvalue weighted by Crippen LogP contribution is -2.52. The van der Waals surface area contributed by atoms with Gasteiger partial charge in [-0.05, 0) is 29.4 Å². The van der Waals surface area contributed by atoms with Crippen molar-refractivity contribution in [3.05, 3.63) is 35.4 Å². The molecule has 0 aromatic heterocycles. The maximum absolute atomic E-state index is 12.4. The van der Waals surface area contributed by atoms with Gasteiger partial charge in [-0.2, -0.15) is 0 Å². The van der Waals surface area contributed by atoms with E-state index in [9.17, 15) is 4.79 Å². The van der Waals surface area contributed by atoms with Gasteiger partial charge in [-0.15, -0.1) is 0 Å². The number of ether oxygens (including phenoxy) is 1. The second kappa shape index (κ2) is 5.78. The Labute approximate surface area is 126 Å². The molecule has 2 atom stereocenters. The van der Waals surface area contributed by atoms with Gasteiger partial charge in [0.25, 0.3) is 0 Å². The number of amides is 1. The molecule has 1 heterocycles. The van der Waals surface area contributed by atoms with Crippen LogP contribution in [0.5, 0.6) is 0 Å². The molecule has 1 fully saturated rings. The number of hydrogen-bond acceptors (Lipinski definition) is 3. The zero-order valence-corrected chi connectivity index (χ0v) is 12.8. The maximum atomic E-state index is 12.4. The van der Waals surface area contributed by atoms with E-state index in [4.69, 9.17) is 4.74 Å². The van der Waals surface area contributed by atoms with Crippen LogP contribution in [0.15, 0.2) is 24.3 Å². The third-order valence-electron chi connectivity index (χ3n) is 4.68. The van der Waals surface area contributed by atoms with Gasteiger partial charge in [0.05, 0.1) is 19.3 Å². The SMILES string of the molecule is CC1(C)CC[C@@H](NC(=O)[C@H]2COCCN2)c2ccccc21. The van der Waals surface area contributed by atoms with Crippen LogP contribution >= 0.6 is 0 Å². The predicted octanol–water partition coefficient (Wildman–Crippen LogP) is 1.90. The van der Waals surface area contributed by atoms with E-state index in [0.29, 0.717) is 13.2 Å². The normalized spacial score (nSPS) is 27.7. The molecule has 0 bridgehead atoms. The quantitative estimate of drug-likeness (QED) is 0.874. The summed E-state index contributed by atoms with van der Waals surface area (Å²) in [5.41, 5.74) is 2.80. The summed E-state index contributed by atoms with van der Waals surface area (Å²) in [7, 11) is 0. The lowest BCUT2D eigenvalue weighted by Gasteiger charge is -2.38. The second-order valence-corrected chi connectivity index (χ2v) is 6.65. The van der Waals surface area contributed by atoms with Gasteiger partial charge in [-0.25, -0.2) is 0 Å². The highest BCUT2D eigenvalue weighted by molar-refractivity contribution is 5.82. The summed E-state index contributed by atoms with van der Waals surface area (Å²) in [6.45, 7) is 6.45. The van der Waals surface area contributed by atoms with Gasteiger partial charge in [0.2, 0.25) is 5.91 Å². The van der Waals surface area contributed by atoms with E-state index in [1.54, 1.807) is 0 Å². The summed E-state index contributed by atoms with van der Waals surface area (Å²) in [5, 5.41) is 6.41. The lowest BCUT2D eigenvalue weighted by atomic mass is 9.71. The Balaban J connectivity index is 1.76. The molecule has 21 heavy (non-hydrogen) atoms. The predicted molar refractivity (Wildman–Crippen MR) is 82.2 cm³/mol. The molecule has 1 aromatic carbocycles. The van der Waals surface area contributed by atoms with Crippen LogP contribution in [-0.2, 0) is 14.9 Å². The van der Waals surface area contributed by atoms with E-state index in [-0.39, 0.29) is 23.4 Å². The Hall–Kier alpha value is -1.39. The van der Waals surface area contributed by atoms with Crippen molar-refractivity contribution in [3.8, 4) is 0 Å². The Morgan fingerprint density at radius 1 is 1.38 bits per heavy atom. The van der Waals surface area contributed by atoms with Crippen molar-refractivity contribution in [2.24, 2.45) is 0 Å². The maximum Gasteiger partial charge on any atom is 0.240 e. The fourth-order valence-electron chi connectivity index (χ4n) is 3.37. The third kappa shape index (κ3) is 2.97. The van der Waals surface area contributed by atoms with Gasteiger partial charge in [0.15, 0.2) is 0 Å². The summed E-state index contributed by atoms with van der Waals surface area (Å²) < 4.78 is 5.37. The minimum atomic E-state index is -0.221. The van der Waals surface area contributed by atoms with E-state index in [1.807, 2.05) is 0 Å². The number of benzene rings is 1. The number of hydrogen-bond donors (Lipinski definition) is 2. The summed E-state index contributed by atoms with van der Waals surface area (Å²) >= 11 is 0. The summed E-state index contributed by atoms with van der Waals surface area (Å²) in [6, 6.07) is 8.37. The number of fused-ring (bicyclic) bond motifs is 1. The molecule has 1 amide bonds. The summed E-state index contributed by atoms with van der Waals surface area (Å²) in [5.74, 6) is 0.0502. The zero-order valence-electron chi connectivity index (χ0n) is 12.8. The third-order valence-corrected chi connectivity index (χ3v) is 4.68. The monoisotopic (exact) mass is 288 g/mol. The van der Waals surface area contributed by atoms with Crippen LogP contribution in [0.25, 0.3) is 0 Å². The van der Waals surface area contributed by atoms with Crippen molar-refractivity contribution in [2.45, 2.75) is 44.2 Å². The first-order chi connectivity index (χ1) is 10.1. The van der Waals surface area contributed by atoms with Crippen LogP contribution in [0.4, 0.5) is 0 Å². The van der Waals surface area contributed by atoms with E-state index >= 15 is 0 Å². The minimum absolute atomic E-state index is 0.0502. The molecule has 0 radical (unpaired) electrons. The highest BCUT2D eigenvalue weighted by Gasteiger charge is 2.34. The standard InChI is InChI=1S/C17H24N2O2/c1-17(2)8-7-14(12-5-3-4-6-13(12)17)19-16(20)15-11-21-10-9-18-15/h3-6,14-15,18H,7-11H2,1-2H3,(H,19,20)/t14-,15-/m1/s1. The van der Waals surface area contributed by atoms with Gasteiger partial charge >= 0.3 is 0 Å². The fourth-order valence-corrected chi connectivity index (χ4v) is 3.37. The molecule has 0 spiro atoms. The second-order valence-electron chi connectivity index (χ2n) is 6.65. The van der Waals surface area contributed by atoms with Crippen LogP contribution in [-0.4, -0.2) is 31.7 Å². The molecule has 1 aromatic rings. The largest absolute Gasteiger partial charge is 0.378 e. The number of carbonyl (C=O) groups is 1. The van der Waals surface area contributed by atoms with E-state index in [0.717, 1.165) is 19.4 Å². The Morgan fingerprint density at radius 3 is 2.95 bits per heavy atom. The van der Waals surface area contributed by atoms with Crippen LogP contribution in [0.1, 0.15) is 43.9 Å². The number of morpholine rings is 1. The van der Waals surface area contributed by atoms with Crippen LogP contribution < -0.4 is 10.6 Å². The van der Waals surface area contributed by atoms with Crippen LogP contribution in [0, 0.1) is 0 Å². The Kier molecular flexibility index (Phi) is 4.00. The molecule has 1 aliphatic carbocycles. The Bertz CT molecular complexity index is 521. The molecule has 4 heteroatoms. The van der Waals surface area contributed by atoms with E-state index in [2.05, 4.69) is 48.7 Å². The molecule has 4 nitrogen and oxygen atoms in total. The topological polar surface area (TPSA) is 50.4 Å². The highest BCUT2D eigenvalue weighted by Crippen LogP contribution is 2.41. The average Bonchev–Trinajstić information content (AvgIpc) is 2.51. The molecule has 1 aliphatic heterocycles. The molecular formula is C17H24N2O2. The fraction of sp³-hybridized carbons (Fsp3) is 0.588. The first-order valence-corrected chi connectivity index (χ1v) is 7.79. The smallest absolute Gasteiger partial charge is 0.240 e. The zero-order chi connectivity index (χ0) is 14.9. The van der Waals surface area contributed by atoms with Crippen molar-refractivity contribution in [2.75, 3.05) is 19.8 Å². The van der Waals surface area contributed by atoms with E-state index in [1.165, 1.54) is 11.1 Å². The molecule has 114 valence electrons. The Morgan fingerprint density at radius 2 is 2.19 bits per heavy atom. The van der Waals surface area contributed by atoms with Crippen molar-refractivity contribution in [1.82, 2.24) is 10.6 Å². The van der Waals surface area contributed by atoms with Gasteiger partial charge < -0.3 is 15.4 Å². The lowest BCUT2D eigenvalue weighted by molar-refractivity contribution is -0.126. The molecule has 3 rings (SSSR count). The highest BCUT2D eigenvalue weighted by atomic mass is 16.5. The number of carbonyl (C=O) groups excluding carboxylic acids is 1. The van der Waals surface area contributed by atoms with Gasteiger partial charge in [0.1, 0.15) is 6.04 Å². The van der Waals surface area contributed by atoms with Gasteiger partial charge in [-0.3, -0.25) is 4.79 Å². The van der Waals surface area contributed by atoms with Crippen molar-refractivity contribution < 1.29 is 9.53 Å². The summed E-state index contributed by atoms with van der Waals surface area (Å²) in [6.07, 6.45) is 2.08. The molecule has 2 aliphatic rings. The minimum Gasteiger partial charge on any atom is -0.378 e. The molecule has 1 saturated heterocycles. The van der Waals surface area contributed by atoms with Gasteiger partial charge in [0, 0.05) is 6.54 Å². The molecule has 2 N–H and O–H groups in total. The number of nitrogens with one attached hydrogen (secondary N) is 2. The van der Waals surface area contributed by atoms with Crippen molar-refractivity contribution in [3.63, 3.8) is 0 Å².